The van der Waals surface area contributed by atoms with E-state index in [-0.39, 0.29) is 17.9 Å². The lowest BCUT2D eigenvalue weighted by Crippen LogP contribution is -2.40. The van der Waals surface area contributed by atoms with E-state index in [0.717, 1.165) is 37.1 Å². The highest BCUT2D eigenvalue weighted by Crippen LogP contribution is 2.26. The Morgan fingerprint density at radius 1 is 1.19 bits per heavy atom. The summed E-state index contributed by atoms with van der Waals surface area (Å²) in [6, 6.07) is 15.8. The maximum atomic E-state index is 12.7. The van der Waals surface area contributed by atoms with Gasteiger partial charge in [0.2, 0.25) is 17.6 Å². The smallest absolute Gasteiger partial charge is 0.241 e. The lowest BCUT2D eigenvalue weighted by atomic mass is 9.95. The molecule has 1 amide bonds. The second-order valence-corrected chi connectivity index (χ2v) is 8.59. The van der Waals surface area contributed by atoms with Gasteiger partial charge < -0.3 is 9.84 Å². The van der Waals surface area contributed by atoms with Crippen LogP contribution in [-0.4, -0.2) is 34.0 Å². The van der Waals surface area contributed by atoms with Crippen molar-refractivity contribution in [2.24, 2.45) is 5.92 Å². The Labute approximate surface area is 187 Å². The molecule has 1 atom stereocenters. The molecule has 0 bridgehead atoms. The van der Waals surface area contributed by atoms with E-state index in [1.54, 1.807) is 0 Å². The van der Waals surface area contributed by atoms with Gasteiger partial charge >= 0.3 is 0 Å². The van der Waals surface area contributed by atoms with Crippen LogP contribution in [0.25, 0.3) is 11.4 Å². The van der Waals surface area contributed by atoms with Crippen LogP contribution in [0.5, 0.6) is 0 Å². The summed E-state index contributed by atoms with van der Waals surface area (Å²) >= 11 is 6.22. The molecular formula is C24H27ClN4O2. The first-order chi connectivity index (χ1) is 15.0. The van der Waals surface area contributed by atoms with Gasteiger partial charge in [-0.25, -0.2) is 0 Å². The van der Waals surface area contributed by atoms with Crippen molar-refractivity contribution in [2.45, 2.75) is 39.3 Å². The molecule has 0 aliphatic carbocycles. The number of hydrogen-bond donors (Lipinski definition) is 1. The number of piperidine rings is 1. The Kier molecular flexibility index (Phi) is 6.68. The summed E-state index contributed by atoms with van der Waals surface area (Å²) < 4.78 is 5.42. The SMILES string of the molecule is Cc1ccc(C(C)NC(=O)C2CCN(Cc3nc(-c4ccccc4Cl)no3)CC2)cc1. The minimum atomic E-state index is 0.00718. The summed E-state index contributed by atoms with van der Waals surface area (Å²) in [5.74, 6) is 1.22. The van der Waals surface area contributed by atoms with Crippen molar-refractivity contribution >= 4 is 17.5 Å². The Balaban J connectivity index is 1.27. The molecule has 1 aliphatic heterocycles. The molecule has 1 aromatic heterocycles. The third-order valence-electron chi connectivity index (χ3n) is 5.84. The molecule has 3 aromatic rings. The van der Waals surface area contributed by atoms with Crippen LogP contribution in [0.3, 0.4) is 0 Å². The van der Waals surface area contributed by atoms with Gasteiger partial charge in [0.25, 0.3) is 0 Å². The summed E-state index contributed by atoms with van der Waals surface area (Å²) in [6.45, 7) is 6.31. The highest BCUT2D eigenvalue weighted by Gasteiger charge is 2.27. The zero-order chi connectivity index (χ0) is 21.8. The van der Waals surface area contributed by atoms with E-state index < -0.39 is 0 Å². The van der Waals surface area contributed by atoms with Crippen molar-refractivity contribution in [1.29, 1.82) is 0 Å². The lowest BCUT2D eigenvalue weighted by Gasteiger charge is -2.30. The van der Waals surface area contributed by atoms with E-state index in [1.807, 2.05) is 31.2 Å². The summed E-state index contributed by atoms with van der Waals surface area (Å²) in [5.41, 5.74) is 3.11. The van der Waals surface area contributed by atoms with Crippen molar-refractivity contribution in [2.75, 3.05) is 13.1 Å². The van der Waals surface area contributed by atoms with Crippen LogP contribution in [0.15, 0.2) is 53.1 Å². The molecule has 1 aliphatic rings. The van der Waals surface area contributed by atoms with Crippen LogP contribution in [0, 0.1) is 12.8 Å². The molecule has 6 nitrogen and oxygen atoms in total. The van der Waals surface area contributed by atoms with Crippen LogP contribution in [0.4, 0.5) is 0 Å². The zero-order valence-corrected chi connectivity index (χ0v) is 18.6. The highest BCUT2D eigenvalue weighted by molar-refractivity contribution is 6.33. The van der Waals surface area contributed by atoms with Gasteiger partial charge in [-0.2, -0.15) is 4.98 Å². The summed E-state index contributed by atoms with van der Waals surface area (Å²) in [5, 5.41) is 7.83. The average Bonchev–Trinajstić information content (AvgIpc) is 3.23. The second kappa shape index (κ2) is 9.62. The van der Waals surface area contributed by atoms with Crippen molar-refractivity contribution in [3.63, 3.8) is 0 Å². The van der Waals surface area contributed by atoms with Gasteiger partial charge in [0.1, 0.15) is 0 Å². The Hall–Kier alpha value is -2.70. The fourth-order valence-electron chi connectivity index (χ4n) is 3.89. The van der Waals surface area contributed by atoms with Gasteiger partial charge in [0, 0.05) is 11.5 Å². The summed E-state index contributed by atoms with van der Waals surface area (Å²) in [7, 11) is 0. The predicted octanol–water partition coefficient (Wildman–Crippen LogP) is 4.79. The molecule has 4 rings (SSSR count). The first-order valence-electron chi connectivity index (χ1n) is 10.7. The van der Waals surface area contributed by atoms with Crippen molar-refractivity contribution in [3.05, 3.63) is 70.6 Å². The fourth-order valence-corrected chi connectivity index (χ4v) is 4.11. The lowest BCUT2D eigenvalue weighted by molar-refractivity contribution is -0.127. The molecule has 2 aromatic carbocycles. The van der Waals surface area contributed by atoms with Crippen molar-refractivity contribution in [3.8, 4) is 11.4 Å². The van der Waals surface area contributed by atoms with Crippen LogP contribution in [0.2, 0.25) is 5.02 Å². The van der Waals surface area contributed by atoms with Gasteiger partial charge in [-0.15, -0.1) is 0 Å². The Bertz CT molecular complexity index is 1030. The average molecular weight is 439 g/mol. The molecule has 2 heterocycles. The maximum Gasteiger partial charge on any atom is 0.241 e. The quantitative estimate of drug-likeness (QED) is 0.599. The number of nitrogens with one attached hydrogen (secondary N) is 1. The number of amides is 1. The number of carbonyl (C=O) groups is 1. The number of aromatic nitrogens is 2. The van der Waals surface area contributed by atoms with E-state index >= 15 is 0 Å². The Morgan fingerprint density at radius 3 is 2.61 bits per heavy atom. The van der Waals surface area contributed by atoms with Crippen molar-refractivity contribution < 1.29 is 9.32 Å². The minimum Gasteiger partial charge on any atom is -0.349 e. The number of likely N-dealkylation sites (tertiary alicyclic amines) is 1. The number of nitrogens with zero attached hydrogens (tertiary/aromatic N) is 3. The van der Waals surface area contributed by atoms with Gasteiger partial charge in [-0.05, 0) is 57.5 Å². The third kappa shape index (κ3) is 5.32. The van der Waals surface area contributed by atoms with Crippen LogP contribution >= 0.6 is 11.6 Å². The summed E-state index contributed by atoms with van der Waals surface area (Å²) in [6.07, 6.45) is 1.63. The van der Waals surface area contributed by atoms with Gasteiger partial charge in [-0.3, -0.25) is 9.69 Å². The number of rotatable bonds is 6. The molecule has 0 radical (unpaired) electrons. The highest BCUT2D eigenvalue weighted by atomic mass is 35.5. The number of benzene rings is 2. The topological polar surface area (TPSA) is 71.3 Å². The molecule has 0 spiro atoms. The minimum absolute atomic E-state index is 0.00718. The van der Waals surface area contributed by atoms with Gasteiger partial charge in [-0.1, -0.05) is 58.7 Å². The van der Waals surface area contributed by atoms with Crippen molar-refractivity contribution in [1.82, 2.24) is 20.4 Å². The number of carbonyl (C=O) groups excluding carboxylic acids is 1. The van der Waals surface area contributed by atoms with E-state index in [4.69, 9.17) is 16.1 Å². The molecule has 31 heavy (non-hydrogen) atoms. The summed E-state index contributed by atoms with van der Waals surface area (Å²) in [4.78, 5) is 19.5. The molecule has 1 saturated heterocycles. The molecule has 1 N–H and O–H groups in total. The molecule has 1 unspecified atom stereocenters. The number of aryl methyl sites for hydroxylation is 1. The molecule has 0 saturated carbocycles. The Morgan fingerprint density at radius 2 is 1.90 bits per heavy atom. The molecule has 7 heteroatoms. The van der Waals surface area contributed by atoms with E-state index in [2.05, 4.69) is 51.5 Å². The molecule has 1 fully saturated rings. The number of halogens is 1. The standard InChI is InChI=1S/C24H27ClN4O2/c1-16-7-9-18(10-8-16)17(2)26-24(30)19-11-13-29(14-12-19)15-22-27-23(28-31-22)20-5-3-4-6-21(20)25/h3-10,17,19H,11-15H2,1-2H3,(H,26,30). The first-order valence-corrected chi connectivity index (χ1v) is 11.0. The van der Waals surface area contributed by atoms with Crippen LogP contribution in [0.1, 0.15) is 42.8 Å². The molecular weight excluding hydrogens is 412 g/mol. The molecule has 162 valence electrons. The largest absolute Gasteiger partial charge is 0.349 e. The number of hydrogen-bond acceptors (Lipinski definition) is 5. The van der Waals surface area contributed by atoms with Gasteiger partial charge in [0.05, 0.1) is 17.6 Å². The third-order valence-corrected chi connectivity index (χ3v) is 6.17. The zero-order valence-electron chi connectivity index (χ0n) is 17.8. The van der Waals surface area contributed by atoms with E-state index in [0.29, 0.717) is 23.3 Å². The van der Waals surface area contributed by atoms with E-state index in [9.17, 15) is 4.79 Å². The van der Waals surface area contributed by atoms with E-state index in [1.165, 1.54) is 5.56 Å². The fraction of sp³-hybridized carbons (Fsp3) is 0.375. The predicted molar refractivity (Wildman–Crippen MR) is 120 cm³/mol. The maximum absolute atomic E-state index is 12.7. The monoisotopic (exact) mass is 438 g/mol. The second-order valence-electron chi connectivity index (χ2n) is 8.18. The van der Waals surface area contributed by atoms with Crippen LogP contribution < -0.4 is 5.32 Å². The first kappa shape index (κ1) is 21.5. The van der Waals surface area contributed by atoms with Crippen LogP contribution in [-0.2, 0) is 11.3 Å². The van der Waals surface area contributed by atoms with Gasteiger partial charge in [0.15, 0.2) is 0 Å². The normalized spacial score (nSPS) is 16.2.